The Bertz CT molecular complexity index is 463. The fraction of sp³-hybridized carbons (Fsp3) is 0.500. The molecule has 1 aliphatic heterocycles. The number of piperazine rings is 1. The van der Waals surface area contributed by atoms with Crippen molar-refractivity contribution in [2.75, 3.05) is 51.2 Å². The molecule has 0 unspecified atom stereocenters. The molecule has 0 spiro atoms. The van der Waals surface area contributed by atoms with Gasteiger partial charge in [-0.05, 0) is 18.2 Å². The fourth-order valence-corrected chi connectivity index (χ4v) is 2.70. The van der Waals surface area contributed by atoms with Crippen molar-refractivity contribution in [3.63, 3.8) is 0 Å². The highest BCUT2D eigenvalue weighted by Crippen LogP contribution is 2.21. The summed E-state index contributed by atoms with van der Waals surface area (Å²) in [6, 6.07) is 8.02. The summed E-state index contributed by atoms with van der Waals surface area (Å²) in [7, 11) is 2.07. The van der Waals surface area contributed by atoms with Crippen LogP contribution in [-0.2, 0) is 0 Å². The van der Waals surface area contributed by atoms with Gasteiger partial charge in [0.2, 0.25) is 0 Å². The third kappa shape index (κ3) is 4.20. The van der Waals surface area contributed by atoms with E-state index in [1.807, 2.05) is 12.1 Å². The van der Waals surface area contributed by atoms with Gasteiger partial charge in [0.15, 0.2) is 0 Å². The summed E-state index contributed by atoms with van der Waals surface area (Å²) in [5.74, 6) is 0. The normalized spacial score (nSPS) is 16.1. The van der Waals surface area contributed by atoms with E-state index in [1.165, 1.54) is 0 Å². The smallest absolute Gasteiger partial charge is 0.0992 e. The minimum absolute atomic E-state index is 0.693. The molecule has 1 aromatic rings. The summed E-state index contributed by atoms with van der Waals surface area (Å²) < 4.78 is 0.954. The molecule has 1 aromatic carbocycles. The Labute approximate surface area is 123 Å². The molecule has 1 saturated heterocycles. The first-order chi connectivity index (χ1) is 9.19. The first-order valence-corrected chi connectivity index (χ1v) is 7.33. The summed E-state index contributed by atoms with van der Waals surface area (Å²) in [5, 5.41) is 12.4. The van der Waals surface area contributed by atoms with Gasteiger partial charge < -0.3 is 10.2 Å². The highest BCUT2D eigenvalue weighted by atomic mass is 79.9. The molecule has 1 aliphatic rings. The number of anilines is 1. The highest BCUT2D eigenvalue weighted by molar-refractivity contribution is 9.10. The van der Waals surface area contributed by atoms with Crippen LogP contribution in [0.3, 0.4) is 0 Å². The van der Waals surface area contributed by atoms with Crippen LogP contribution in [0.15, 0.2) is 22.7 Å². The summed E-state index contributed by atoms with van der Waals surface area (Å²) in [6.07, 6.45) is 0. The zero-order valence-electron chi connectivity index (χ0n) is 11.2. The van der Waals surface area contributed by atoms with Gasteiger partial charge in [0.25, 0.3) is 0 Å². The zero-order chi connectivity index (χ0) is 13.7. The number of hydrogen-bond donors (Lipinski definition) is 1. The molecule has 0 aliphatic carbocycles. The molecule has 0 aromatic heterocycles. The van der Waals surface area contributed by atoms with Crippen molar-refractivity contribution in [3.05, 3.63) is 28.2 Å². The van der Waals surface area contributed by atoms with E-state index in [4.69, 9.17) is 5.26 Å². The summed E-state index contributed by atoms with van der Waals surface area (Å²) in [6.45, 7) is 6.44. The van der Waals surface area contributed by atoms with Gasteiger partial charge in [0, 0.05) is 56.5 Å². The molecule has 0 saturated carbocycles. The first-order valence-electron chi connectivity index (χ1n) is 6.54. The first kappa shape index (κ1) is 14.3. The molecular weight excluding hydrogens is 304 g/mol. The molecule has 0 amide bonds. The van der Waals surface area contributed by atoms with E-state index < -0.39 is 0 Å². The van der Waals surface area contributed by atoms with Crippen molar-refractivity contribution in [2.24, 2.45) is 0 Å². The van der Waals surface area contributed by atoms with Gasteiger partial charge in [-0.1, -0.05) is 15.9 Å². The van der Waals surface area contributed by atoms with Gasteiger partial charge in [-0.25, -0.2) is 0 Å². The third-order valence-corrected chi connectivity index (χ3v) is 3.87. The van der Waals surface area contributed by atoms with E-state index in [1.54, 1.807) is 0 Å². The largest absolute Gasteiger partial charge is 0.373 e. The SMILES string of the molecule is CN(CCN1CCNCC1)c1cc(Br)cc(C#N)c1. The van der Waals surface area contributed by atoms with Crippen LogP contribution >= 0.6 is 15.9 Å². The van der Waals surface area contributed by atoms with Crippen LogP contribution in [0.4, 0.5) is 5.69 Å². The Balaban J connectivity index is 1.93. The maximum Gasteiger partial charge on any atom is 0.0992 e. The second-order valence-corrected chi connectivity index (χ2v) is 5.74. The Morgan fingerprint density at radius 2 is 2.11 bits per heavy atom. The van der Waals surface area contributed by atoms with Crippen LogP contribution in [-0.4, -0.2) is 51.2 Å². The van der Waals surface area contributed by atoms with Gasteiger partial charge in [-0.2, -0.15) is 5.26 Å². The van der Waals surface area contributed by atoms with Crippen molar-refractivity contribution in [3.8, 4) is 6.07 Å². The number of rotatable bonds is 4. The topological polar surface area (TPSA) is 42.3 Å². The van der Waals surface area contributed by atoms with Crippen LogP contribution in [0, 0.1) is 11.3 Å². The third-order valence-electron chi connectivity index (χ3n) is 3.41. The van der Waals surface area contributed by atoms with Gasteiger partial charge >= 0.3 is 0 Å². The lowest BCUT2D eigenvalue weighted by atomic mass is 10.2. The van der Waals surface area contributed by atoms with Crippen LogP contribution in [0.1, 0.15) is 5.56 Å². The van der Waals surface area contributed by atoms with Gasteiger partial charge in [0.1, 0.15) is 0 Å². The summed E-state index contributed by atoms with van der Waals surface area (Å²) >= 11 is 3.45. The number of nitrogens with one attached hydrogen (secondary N) is 1. The lowest BCUT2D eigenvalue weighted by Crippen LogP contribution is -2.46. The van der Waals surface area contributed by atoms with E-state index in [2.05, 4.69) is 50.2 Å². The number of nitrogens with zero attached hydrogens (tertiary/aromatic N) is 3. The number of likely N-dealkylation sites (N-methyl/N-ethyl adjacent to an activating group) is 1. The molecule has 4 nitrogen and oxygen atoms in total. The maximum atomic E-state index is 9.00. The number of halogens is 1. The van der Waals surface area contributed by atoms with E-state index in [-0.39, 0.29) is 0 Å². The molecule has 19 heavy (non-hydrogen) atoms. The lowest BCUT2D eigenvalue weighted by Gasteiger charge is -2.29. The molecule has 1 heterocycles. The molecular formula is C14H19BrN4. The Kier molecular flexibility index (Phi) is 5.20. The van der Waals surface area contributed by atoms with E-state index >= 15 is 0 Å². The Morgan fingerprint density at radius 3 is 2.79 bits per heavy atom. The molecule has 0 atom stereocenters. The van der Waals surface area contributed by atoms with E-state index in [9.17, 15) is 0 Å². The molecule has 0 bridgehead atoms. The van der Waals surface area contributed by atoms with Gasteiger partial charge in [-0.3, -0.25) is 4.90 Å². The number of benzene rings is 1. The minimum Gasteiger partial charge on any atom is -0.373 e. The van der Waals surface area contributed by atoms with Gasteiger partial charge in [0.05, 0.1) is 11.6 Å². The van der Waals surface area contributed by atoms with Crippen LogP contribution in [0.25, 0.3) is 0 Å². The van der Waals surface area contributed by atoms with E-state index in [0.717, 1.165) is 49.4 Å². The highest BCUT2D eigenvalue weighted by Gasteiger charge is 2.11. The molecule has 5 heteroatoms. The second-order valence-electron chi connectivity index (χ2n) is 4.82. The van der Waals surface area contributed by atoms with Crippen LogP contribution < -0.4 is 10.2 Å². The zero-order valence-corrected chi connectivity index (χ0v) is 12.8. The predicted molar refractivity (Wildman–Crippen MR) is 81.4 cm³/mol. The van der Waals surface area contributed by atoms with Crippen LogP contribution in [0.2, 0.25) is 0 Å². The minimum atomic E-state index is 0.693. The molecule has 102 valence electrons. The Hall–Kier alpha value is -1.09. The monoisotopic (exact) mass is 322 g/mol. The predicted octanol–water partition coefficient (Wildman–Crippen LogP) is 1.66. The van der Waals surface area contributed by atoms with Gasteiger partial charge in [-0.15, -0.1) is 0 Å². The second kappa shape index (κ2) is 6.90. The van der Waals surface area contributed by atoms with Crippen molar-refractivity contribution in [1.82, 2.24) is 10.2 Å². The average molecular weight is 323 g/mol. The summed E-state index contributed by atoms with van der Waals surface area (Å²) in [4.78, 5) is 4.67. The molecule has 2 rings (SSSR count). The lowest BCUT2D eigenvalue weighted by molar-refractivity contribution is 0.246. The average Bonchev–Trinajstić information content (AvgIpc) is 2.45. The van der Waals surface area contributed by atoms with Crippen molar-refractivity contribution >= 4 is 21.6 Å². The molecule has 1 fully saturated rings. The standard InChI is InChI=1S/C14H19BrN4/c1-18(6-7-19-4-2-17-3-5-19)14-9-12(11-16)8-13(15)10-14/h8-10,17H,2-7H2,1H3. The number of hydrogen-bond acceptors (Lipinski definition) is 4. The summed E-state index contributed by atoms with van der Waals surface area (Å²) in [5.41, 5.74) is 1.78. The van der Waals surface area contributed by atoms with Crippen molar-refractivity contribution in [2.45, 2.75) is 0 Å². The Morgan fingerprint density at radius 1 is 1.37 bits per heavy atom. The van der Waals surface area contributed by atoms with Crippen molar-refractivity contribution < 1.29 is 0 Å². The molecule has 1 N–H and O–H groups in total. The fourth-order valence-electron chi connectivity index (χ4n) is 2.21. The van der Waals surface area contributed by atoms with Crippen LogP contribution in [0.5, 0.6) is 0 Å². The quantitative estimate of drug-likeness (QED) is 0.915. The molecule has 0 radical (unpaired) electrons. The number of nitriles is 1. The maximum absolute atomic E-state index is 9.00. The van der Waals surface area contributed by atoms with Crippen molar-refractivity contribution in [1.29, 1.82) is 5.26 Å². The van der Waals surface area contributed by atoms with E-state index in [0.29, 0.717) is 5.56 Å².